The van der Waals surface area contributed by atoms with Crippen molar-refractivity contribution in [3.8, 4) is 0 Å². The number of fused-ring (bicyclic) bond motifs is 3. The molecule has 110 valence electrons. The van der Waals surface area contributed by atoms with Crippen LogP contribution in [0.4, 0.5) is 5.00 Å². The molecule has 4 rings (SSSR count). The van der Waals surface area contributed by atoms with Crippen molar-refractivity contribution in [2.45, 2.75) is 26.1 Å². The first-order chi connectivity index (χ1) is 10.3. The van der Waals surface area contributed by atoms with Gasteiger partial charge in [-0.2, -0.15) is 0 Å². The zero-order chi connectivity index (χ0) is 14.4. The van der Waals surface area contributed by atoms with Gasteiger partial charge >= 0.3 is 0 Å². The van der Waals surface area contributed by atoms with E-state index in [2.05, 4.69) is 28.5 Å². The number of carbonyl (C=O) groups is 1. The summed E-state index contributed by atoms with van der Waals surface area (Å²) in [7, 11) is 0. The number of hydrogen-bond donors (Lipinski definition) is 2. The number of thiophene rings is 2. The van der Waals surface area contributed by atoms with Gasteiger partial charge in [0.1, 0.15) is 11.2 Å². The van der Waals surface area contributed by atoms with Gasteiger partial charge in [-0.25, -0.2) is 0 Å². The lowest BCUT2D eigenvalue weighted by Crippen LogP contribution is -2.38. The van der Waals surface area contributed by atoms with Crippen molar-refractivity contribution in [1.82, 2.24) is 10.2 Å². The van der Waals surface area contributed by atoms with Gasteiger partial charge in [0.25, 0.3) is 5.91 Å². The highest BCUT2D eigenvalue weighted by Gasteiger charge is 2.33. The van der Waals surface area contributed by atoms with Crippen LogP contribution in [0.15, 0.2) is 17.5 Å². The van der Waals surface area contributed by atoms with E-state index in [0.29, 0.717) is 0 Å². The molecule has 0 saturated heterocycles. The Balaban J connectivity index is 1.69. The smallest absolute Gasteiger partial charge is 0.256 e. The van der Waals surface area contributed by atoms with Crippen LogP contribution in [0.3, 0.4) is 0 Å². The van der Waals surface area contributed by atoms with Crippen molar-refractivity contribution < 1.29 is 4.79 Å². The highest BCUT2D eigenvalue weighted by molar-refractivity contribution is 7.16. The molecule has 6 heteroatoms. The first kappa shape index (κ1) is 13.3. The van der Waals surface area contributed by atoms with Gasteiger partial charge in [-0.1, -0.05) is 13.0 Å². The molecule has 0 aliphatic carbocycles. The van der Waals surface area contributed by atoms with Gasteiger partial charge in [-0.15, -0.1) is 22.7 Å². The summed E-state index contributed by atoms with van der Waals surface area (Å²) in [6, 6.07) is 4.07. The normalized spacial score (nSPS) is 21.4. The van der Waals surface area contributed by atoms with E-state index in [0.717, 1.165) is 41.5 Å². The van der Waals surface area contributed by atoms with Crippen LogP contribution in [0.2, 0.25) is 0 Å². The van der Waals surface area contributed by atoms with Crippen LogP contribution < -0.4 is 10.6 Å². The minimum Gasteiger partial charge on any atom is -0.352 e. The molecule has 4 heterocycles. The molecule has 0 aromatic carbocycles. The third-order valence-corrected chi connectivity index (χ3v) is 6.27. The molecule has 0 unspecified atom stereocenters. The Morgan fingerprint density at radius 3 is 3.10 bits per heavy atom. The van der Waals surface area contributed by atoms with Crippen molar-refractivity contribution in [3.05, 3.63) is 38.4 Å². The Kier molecular flexibility index (Phi) is 3.24. The number of anilines is 1. The number of amides is 1. The summed E-state index contributed by atoms with van der Waals surface area (Å²) in [5.74, 6) is 0.0737. The van der Waals surface area contributed by atoms with E-state index >= 15 is 0 Å². The molecule has 0 saturated carbocycles. The van der Waals surface area contributed by atoms with Gasteiger partial charge in [0.05, 0.1) is 5.56 Å². The maximum Gasteiger partial charge on any atom is 0.256 e. The molecule has 2 aliphatic heterocycles. The van der Waals surface area contributed by atoms with Crippen LogP contribution in [0.5, 0.6) is 0 Å². The second-order valence-corrected chi connectivity index (χ2v) is 7.48. The minimum absolute atomic E-state index is 0.0737. The topological polar surface area (TPSA) is 44.4 Å². The fraction of sp³-hybridized carbons (Fsp3) is 0.400. The van der Waals surface area contributed by atoms with E-state index in [-0.39, 0.29) is 12.1 Å². The number of carbonyl (C=O) groups excluding carboxylic acids is 1. The summed E-state index contributed by atoms with van der Waals surface area (Å²) in [5, 5.41) is 9.67. The van der Waals surface area contributed by atoms with E-state index in [4.69, 9.17) is 0 Å². The van der Waals surface area contributed by atoms with Gasteiger partial charge in [-0.3, -0.25) is 9.69 Å². The number of likely N-dealkylation sites (N-methyl/N-ethyl adjacent to an activating group) is 1. The molecule has 4 nitrogen and oxygen atoms in total. The molecular formula is C15H17N3OS2. The Morgan fingerprint density at radius 2 is 2.33 bits per heavy atom. The maximum atomic E-state index is 12.5. The van der Waals surface area contributed by atoms with Crippen LogP contribution >= 0.6 is 22.7 Å². The Labute approximate surface area is 131 Å². The van der Waals surface area contributed by atoms with Crippen molar-refractivity contribution >= 4 is 33.6 Å². The fourth-order valence-corrected chi connectivity index (χ4v) is 5.08. The molecule has 1 atom stereocenters. The van der Waals surface area contributed by atoms with E-state index in [1.165, 1.54) is 10.4 Å². The third-order valence-electron chi connectivity index (χ3n) is 4.19. The zero-order valence-corrected chi connectivity index (χ0v) is 13.4. The second-order valence-electron chi connectivity index (χ2n) is 5.39. The van der Waals surface area contributed by atoms with Gasteiger partial charge in [0.15, 0.2) is 0 Å². The maximum absolute atomic E-state index is 12.5. The molecule has 0 radical (unpaired) electrons. The lowest BCUT2D eigenvalue weighted by molar-refractivity contribution is 0.0935. The fourth-order valence-electron chi connectivity index (χ4n) is 3.04. The third kappa shape index (κ3) is 2.18. The summed E-state index contributed by atoms with van der Waals surface area (Å²) in [4.78, 5) is 17.4. The van der Waals surface area contributed by atoms with Crippen molar-refractivity contribution in [3.63, 3.8) is 0 Å². The molecule has 0 fully saturated rings. The lowest BCUT2D eigenvalue weighted by Gasteiger charge is -2.27. The van der Waals surface area contributed by atoms with Gasteiger partial charge < -0.3 is 10.6 Å². The number of nitrogens with one attached hydrogen (secondary N) is 2. The Bertz CT molecular complexity index is 677. The van der Waals surface area contributed by atoms with Crippen molar-refractivity contribution in [2.24, 2.45) is 0 Å². The first-order valence-corrected chi connectivity index (χ1v) is 8.93. The number of nitrogens with zero attached hydrogens (tertiary/aromatic N) is 1. The number of rotatable bonds is 2. The van der Waals surface area contributed by atoms with Crippen molar-refractivity contribution in [2.75, 3.05) is 18.4 Å². The standard InChI is InChI=1S/C15H17N3OS2/c1-2-18-6-5-9-11(8-18)21-15-12(9)14(19)16-13(17-15)10-4-3-7-20-10/h3-4,7,13,17H,2,5-6,8H2,1H3,(H,16,19)/t13-/m0/s1. The van der Waals surface area contributed by atoms with E-state index in [1.807, 2.05) is 11.4 Å². The van der Waals surface area contributed by atoms with Crippen LogP contribution in [0.25, 0.3) is 0 Å². The second kappa shape index (κ2) is 5.12. The highest BCUT2D eigenvalue weighted by Crippen LogP contribution is 2.41. The number of hydrogen-bond acceptors (Lipinski definition) is 5. The van der Waals surface area contributed by atoms with E-state index in [1.54, 1.807) is 22.7 Å². The first-order valence-electron chi connectivity index (χ1n) is 7.24. The molecule has 0 bridgehead atoms. The van der Waals surface area contributed by atoms with Crippen LogP contribution in [0, 0.1) is 0 Å². The molecular weight excluding hydrogens is 302 g/mol. The average Bonchev–Trinajstić information content (AvgIpc) is 3.13. The molecule has 2 aliphatic rings. The summed E-state index contributed by atoms with van der Waals surface area (Å²) in [6.07, 6.45) is 0.890. The molecule has 0 spiro atoms. The van der Waals surface area contributed by atoms with E-state index in [9.17, 15) is 4.79 Å². The van der Waals surface area contributed by atoms with Crippen LogP contribution in [-0.2, 0) is 13.0 Å². The molecule has 1 amide bonds. The van der Waals surface area contributed by atoms with E-state index < -0.39 is 0 Å². The largest absolute Gasteiger partial charge is 0.352 e. The predicted octanol–water partition coefficient (Wildman–Crippen LogP) is 3.04. The highest BCUT2D eigenvalue weighted by atomic mass is 32.1. The lowest BCUT2D eigenvalue weighted by atomic mass is 10.0. The predicted molar refractivity (Wildman–Crippen MR) is 87.1 cm³/mol. The van der Waals surface area contributed by atoms with Crippen LogP contribution in [0.1, 0.15) is 38.8 Å². The summed E-state index contributed by atoms with van der Waals surface area (Å²) in [5.41, 5.74) is 2.15. The van der Waals surface area contributed by atoms with Gasteiger partial charge in [0.2, 0.25) is 0 Å². The summed E-state index contributed by atoms with van der Waals surface area (Å²) in [6.45, 7) is 5.28. The molecule has 21 heavy (non-hydrogen) atoms. The monoisotopic (exact) mass is 319 g/mol. The van der Waals surface area contributed by atoms with Gasteiger partial charge in [0, 0.05) is 22.8 Å². The Hall–Kier alpha value is -1.37. The van der Waals surface area contributed by atoms with Crippen molar-refractivity contribution in [1.29, 1.82) is 0 Å². The zero-order valence-electron chi connectivity index (χ0n) is 11.8. The minimum atomic E-state index is -0.0904. The quantitative estimate of drug-likeness (QED) is 0.894. The average molecular weight is 319 g/mol. The molecule has 2 N–H and O–H groups in total. The molecule has 2 aromatic rings. The molecule has 2 aromatic heterocycles. The Morgan fingerprint density at radius 1 is 1.43 bits per heavy atom. The summed E-state index contributed by atoms with van der Waals surface area (Å²) < 4.78 is 0. The summed E-state index contributed by atoms with van der Waals surface area (Å²) >= 11 is 3.42. The van der Waals surface area contributed by atoms with Crippen LogP contribution in [-0.4, -0.2) is 23.9 Å². The SMILES string of the molecule is CCN1CCc2c(sc3c2C(=O)N[C@H](c2cccs2)N3)C1. The van der Waals surface area contributed by atoms with Gasteiger partial charge in [-0.05, 0) is 30.0 Å².